The number of carbonyl (C=O) groups is 1. The second-order valence-electron chi connectivity index (χ2n) is 7.12. The summed E-state index contributed by atoms with van der Waals surface area (Å²) in [5.41, 5.74) is 2.02. The first-order valence-corrected chi connectivity index (χ1v) is 12.2. The number of nitro groups is 1. The van der Waals surface area contributed by atoms with E-state index in [0.717, 1.165) is 26.5 Å². The van der Waals surface area contributed by atoms with Crippen LogP contribution < -0.4 is 14.4 Å². The molecule has 7 nitrogen and oxygen atoms in total. The van der Waals surface area contributed by atoms with E-state index in [-0.39, 0.29) is 11.6 Å². The standard InChI is InChI=1S/C24H17IN2O5S2/c1-31-21-11-16(7-10-20(21)32-14-15-5-8-17(25)9-6-15)12-22-23(28)26(24(33)34-22)18-3-2-4-19(13-18)27(29)30/h2-13H,14H2,1H3/b22-12+. The van der Waals surface area contributed by atoms with Crippen LogP contribution in [0.1, 0.15) is 11.1 Å². The highest BCUT2D eigenvalue weighted by atomic mass is 127. The fourth-order valence-electron chi connectivity index (χ4n) is 3.22. The zero-order chi connectivity index (χ0) is 24.2. The number of carbonyl (C=O) groups excluding carboxylic acids is 1. The second kappa shape index (κ2) is 10.5. The molecule has 0 aromatic heterocycles. The number of benzene rings is 3. The molecule has 0 aliphatic carbocycles. The third-order valence-corrected chi connectivity index (χ3v) is 6.91. The summed E-state index contributed by atoms with van der Waals surface area (Å²) in [7, 11) is 1.55. The van der Waals surface area contributed by atoms with Crippen LogP contribution in [0.2, 0.25) is 0 Å². The van der Waals surface area contributed by atoms with E-state index in [1.807, 2.05) is 30.3 Å². The van der Waals surface area contributed by atoms with E-state index in [1.54, 1.807) is 31.4 Å². The summed E-state index contributed by atoms with van der Waals surface area (Å²) in [5, 5.41) is 11.1. The Hall–Kier alpha value is -2.96. The van der Waals surface area contributed by atoms with Gasteiger partial charge in [0.15, 0.2) is 15.8 Å². The topological polar surface area (TPSA) is 81.9 Å². The Morgan fingerprint density at radius 3 is 2.59 bits per heavy atom. The molecule has 1 saturated heterocycles. The van der Waals surface area contributed by atoms with Crippen molar-refractivity contribution < 1.29 is 19.2 Å². The van der Waals surface area contributed by atoms with Crippen LogP contribution in [0.4, 0.5) is 11.4 Å². The summed E-state index contributed by atoms with van der Waals surface area (Å²) >= 11 is 8.76. The number of anilines is 1. The van der Waals surface area contributed by atoms with Gasteiger partial charge in [-0.25, -0.2) is 0 Å². The number of methoxy groups -OCH3 is 1. The predicted octanol–water partition coefficient (Wildman–Crippen LogP) is 6.19. The molecule has 0 radical (unpaired) electrons. The van der Waals surface area contributed by atoms with Crippen molar-refractivity contribution in [2.75, 3.05) is 12.0 Å². The second-order valence-corrected chi connectivity index (χ2v) is 10.0. The first-order chi connectivity index (χ1) is 16.4. The average molecular weight is 604 g/mol. The van der Waals surface area contributed by atoms with Gasteiger partial charge in [-0.15, -0.1) is 0 Å². The van der Waals surface area contributed by atoms with E-state index < -0.39 is 4.92 Å². The van der Waals surface area contributed by atoms with Crippen LogP contribution >= 0.6 is 46.6 Å². The van der Waals surface area contributed by atoms with Crippen molar-refractivity contribution >= 4 is 74.2 Å². The summed E-state index contributed by atoms with van der Waals surface area (Å²) in [6.45, 7) is 0.397. The normalized spacial score (nSPS) is 14.5. The summed E-state index contributed by atoms with van der Waals surface area (Å²) in [5.74, 6) is 0.782. The molecule has 0 bridgehead atoms. The average Bonchev–Trinajstić information content (AvgIpc) is 3.11. The van der Waals surface area contributed by atoms with E-state index >= 15 is 0 Å². The van der Waals surface area contributed by atoms with Gasteiger partial charge in [-0.1, -0.05) is 48.2 Å². The first-order valence-electron chi connectivity index (χ1n) is 9.93. The molecule has 3 aromatic rings. The van der Waals surface area contributed by atoms with Gasteiger partial charge in [-0.2, -0.15) is 0 Å². The Bertz CT molecular complexity index is 1310. The van der Waals surface area contributed by atoms with Gasteiger partial charge in [0, 0.05) is 15.7 Å². The summed E-state index contributed by atoms with van der Waals surface area (Å²) < 4.78 is 12.9. The van der Waals surface area contributed by atoms with E-state index in [2.05, 4.69) is 22.6 Å². The van der Waals surface area contributed by atoms with Gasteiger partial charge in [0.05, 0.1) is 22.6 Å². The third kappa shape index (κ3) is 5.40. The molecule has 1 aliphatic rings. The Kier molecular flexibility index (Phi) is 7.49. The maximum Gasteiger partial charge on any atom is 0.271 e. The van der Waals surface area contributed by atoms with E-state index in [9.17, 15) is 14.9 Å². The van der Waals surface area contributed by atoms with E-state index in [4.69, 9.17) is 21.7 Å². The van der Waals surface area contributed by atoms with E-state index in [0.29, 0.717) is 33.0 Å². The molecule has 172 valence electrons. The molecule has 34 heavy (non-hydrogen) atoms. The molecule has 0 saturated carbocycles. The zero-order valence-corrected chi connectivity index (χ0v) is 21.6. The maximum absolute atomic E-state index is 13.0. The number of hydrogen-bond acceptors (Lipinski definition) is 7. The van der Waals surface area contributed by atoms with E-state index in [1.165, 1.54) is 23.1 Å². The quantitative estimate of drug-likeness (QED) is 0.105. The molecule has 0 atom stereocenters. The third-order valence-electron chi connectivity index (χ3n) is 4.89. The SMILES string of the molecule is COc1cc(/C=C2/SC(=S)N(c3cccc([N+](=O)[O-])c3)C2=O)ccc1OCc1ccc(I)cc1. The molecule has 0 spiro atoms. The van der Waals surface area contributed by atoms with Crippen LogP contribution in [0, 0.1) is 13.7 Å². The molecule has 1 aliphatic heterocycles. The Balaban J connectivity index is 1.53. The van der Waals surface area contributed by atoms with Gasteiger partial charge in [0.1, 0.15) is 6.61 Å². The van der Waals surface area contributed by atoms with Crippen LogP contribution in [0.5, 0.6) is 11.5 Å². The summed E-state index contributed by atoms with van der Waals surface area (Å²) in [4.78, 5) is 25.3. The Labute approximate surface area is 219 Å². The van der Waals surface area contributed by atoms with Crippen LogP contribution in [0.25, 0.3) is 6.08 Å². The lowest BCUT2D eigenvalue weighted by atomic mass is 10.1. The lowest BCUT2D eigenvalue weighted by molar-refractivity contribution is -0.384. The lowest BCUT2D eigenvalue weighted by Crippen LogP contribution is -2.27. The minimum Gasteiger partial charge on any atom is -0.493 e. The van der Waals surface area contributed by atoms with Gasteiger partial charge in [-0.05, 0) is 70.1 Å². The number of non-ortho nitro benzene ring substituents is 1. The van der Waals surface area contributed by atoms with Crippen molar-refractivity contribution in [2.24, 2.45) is 0 Å². The van der Waals surface area contributed by atoms with Crippen molar-refractivity contribution in [3.8, 4) is 11.5 Å². The molecule has 1 fully saturated rings. The highest BCUT2D eigenvalue weighted by Crippen LogP contribution is 2.38. The first kappa shape index (κ1) is 24.2. The highest BCUT2D eigenvalue weighted by molar-refractivity contribution is 14.1. The van der Waals surface area contributed by atoms with Crippen LogP contribution in [0.15, 0.2) is 71.6 Å². The number of nitrogens with zero attached hydrogens (tertiary/aromatic N) is 2. The van der Waals surface area contributed by atoms with Crippen molar-refractivity contribution in [3.63, 3.8) is 0 Å². The summed E-state index contributed by atoms with van der Waals surface area (Å²) in [6.07, 6.45) is 1.71. The van der Waals surface area contributed by atoms with Crippen LogP contribution in [0.3, 0.4) is 0 Å². The predicted molar refractivity (Wildman–Crippen MR) is 145 cm³/mol. The molecule has 0 unspecified atom stereocenters. The fraction of sp³-hybridized carbons (Fsp3) is 0.0833. The molecule has 10 heteroatoms. The number of halogens is 1. The van der Waals surface area contributed by atoms with Gasteiger partial charge in [0.25, 0.3) is 11.6 Å². The molecule has 3 aromatic carbocycles. The number of thiocarbonyl (C=S) groups is 1. The highest BCUT2D eigenvalue weighted by Gasteiger charge is 2.34. The minimum atomic E-state index is -0.509. The number of rotatable bonds is 7. The number of amides is 1. The Morgan fingerprint density at radius 2 is 1.88 bits per heavy atom. The lowest BCUT2D eigenvalue weighted by Gasteiger charge is -2.14. The molecular formula is C24H17IN2O5S2. The van der Waals surface area contributed by atoms with Crippen molar-refractivity contribution in [1.82, 2.24) is 0 Å². The summed E-state index contributed by atoms with van der Waals surface area (Å²) in [6, 6.07) is 19.3. The number of thioether (sulfide) groups is 1. The number of ether oxygens (including phenoxy) is 2. The molecule has 1 amide bonds. The van der Waals surface area contributed by atoms with Gasteiger partial charge in [-0.3, -0.25) is 19.8 Å². The largest absolute Gasteiger partial charge is 0.493 e. The van der Waals surface area contributed by atoms with Crippen molar-refractivity contribution in [3.05, 3.63) is 96.4 Å². The maximum atomic E-state index is 13.0. The molecule has 4 rings (SSSR count). The molecular weight excluding hydrogens is 587 g/mol. The monoisotopic (exact) mass is 604 g/mol. The molecule has 0 N–H and O–H groups in total. The van der Waals surface area contributed by atoms with Gasteiger partial charge < -0.3 is 9.47 Å². The zero-order valence-electron chi connectivity index (χ0n) is 17.8. The van der Waals surface area contributed by atoms with Crippen LogP contribution in [-0.2, 0) is 11.4 Å². The van der Waals surface area contributed by atoms with Gasteiger partial charge in [0.2, 0.25) is 0 Å². The number of hydrogen-bond donors (Lipinski definition) is 0. The van der Waals surface area contributed by atoms with Crippen molar-refractivity contribution in [1.29, 1.82) is 0 Å². The van der Waals surface area contributed by atoms with Crippen LogP contribution in [-0.4, -0.2) is 22.3 Å². The van der Waals surface area contributed by atoms with Gasteiger partial charge >= 0.3 is 0 Å². The minimum absolute atomic E-state index is 0.110. The Morgan fingerprint density at radius 1 is 1.12 bits per heavy atom. The number of nitro benzene ring substituents is 1. The fourth-order valence-corrected chi connectivity index (χ4v) is 4.88. The smallest absolute Gasteiger partial charge is 0.271 e. The molecule has 1 heterocycles. The van der Waals surface area contributed by atoms with Crippen molar-refractivity contribution in [2.45, 2.75) is 6.61 Å².